The molecular weight excluding hydrogens is 213 g/mol. The summed E-state index contributed by atoms with van der Waals surface area (Å²) in [4.78, 5) is 27.3. The molecule has 1 aromatic heterocycles. The number of halogens is 1. The zero-order valence-electron chi connectivity index (χ0n) is 9.03. The van der Waals surface area contributed by atoms with Crippen molar-refractivity contribution in [2.45, 2.75) is 0 Å². The number of amides is 2. The highest BCUT2D eigenvalue weighted by Crippen LogP contribution is 2.01. The van der Waals surface area contributed by atoms with Crippen LogP contribution in [0.1, 0.15) is 10.5 Å². The van der Waals surface area contributed by atoms with Gasteiger partial charge in [-0.1, -0.05) is 6.07 Å². The maximum absolute atomic E-state index is 12.8. The maximum Gasteiger partial charge on any atom is 0.272 e. The Bertz CT molecular complexity index is 409. The summed E-state index contributed by atoms with van der Waals surface area (Å²) in [5.74, 6) is -1.52. The number of likely N-dealkylation sites (N-methyl/N-ethyl adjacent to an activating group) is 2. The molecule has 0 bridgehead atoms. The zero-order valence-corrected chi connectivity index (χ0v) is 9.03. The fraction of sp³-hybridized carbons (Fsp3) is 0.300. The van der Waals surface area contributed by atoms with Gasteiger partial charge in [0.05, 0.1) is 6.54 Å². The molecule has 0 aromatic carbocycles. The predicted octanol–water partition coefficient (Wildman–Crippen LogP) is 0.0387. The lowest BCUT2D eigenvalue weighted by Crippen LogP contribution is -2.37. The topological polar surface area (TPSA) is 62.3 Å². The molecular formula is C10H12FN3O2. The van der Waals surface area contributed by atoms with Crippen molar-refractivity contribution in [3.63, 3.8) is 0 Å². The normalized spacial score (nSPS) is 9.69. The third kappa shape index (κ3) is 3.01. The molecule has 2 amide bonds. The molecule has 0 unspecified atom stereocenters. The maximum atomic E-state index is 12.8. The lowest BCUT2D eigenvalue weighted by Gasteiger charge is -2.15. The molecule has 0 fully saturated rings. The van der Waals surface area contributed by atoms with Crippen LogP contribution in [0, 0.1) is 5.95 Å². The van der Waals surface area contributed by atoms with Gasteiger partial charge in [0.1, 0.15) is 5.69 Å². The highest BCUT2D eigenvalue weighted by atomic mass is 19.1. The number of hydrogen-bond acceptors (Lipinski definition) is 3. The lowest BCUT2D eigenvalue weighted by atomic mass is 10.3. The summed E-state index contributed by atoms with van der Waals surface area (Å²) in [6.07, 6.45) is 0. The summed E-state index contributed by atoms with van der Waals surface area (Å²) >= 11 is 0. The first-order valence-corrected chi connectivity index (χ1v) is 4.63. The molecule has 0 aliphatic heterocycles. The Labute approximate surface area is 92.3 Å². The van der Waals surface area contributed by atoms with E-state index in [0.29, 0.717) is 0 Å². The number of nitrogens with one attached hydrogen (secondary N) is 1. The summed E-state index contributed by atoms with van der Waals surface area (Å²) in [6.45, 7) is -0.0898. The van der Waals surface area contributed by atoms with Crippen molar-refractivity contribution in [2.75, 3.05) is 20.6 Å². The largest absolute Gasteiger partial charge is 0.358 e. The van der Waals surface area contributed by atoms with Gasteiger partial charge in [-0.25, -0.2) is 4.98 Å². The fourth-order valence-corrected chi connectivity index (χ4v) is 1.09. The summed E-state index contributed by atoms with van der Waals surface area (Å²) < 4.78 is 12.8. The van der Waals surface area contributed by atoms with Crippen molar-refractivity contribution < 1.29 is 14.0 Å². The molecule has 1 heterocycles. The van der Waals surface area contributed by atoms with E-state index in [0.717, 1.165) is 6.07 Å². The second-order valence-corrected chi connectivity index (χ2v) is 3.18. The smallest absolute Gasteiger partial charge is 0.272 e. The molecule has 1 N–H and O–H groups in total. The second kappa shape index (κ2) is 5.20. The Morgan fingerprint density at radius 3 is 2.75 bits per heavy atom. The van der Waals surface area contributed by atoms with Gasteiger partial charge in [0, 0.05) is 14.1 Å². The molecule has 6 heteroatoms. The number of carbonyl (C=O) groups is 2. The predicted molar refractivity (Wildman–Crippen MR) is 55.2 cm³/mol. The van der Waals surface area contributed by atoms with E-state index in [4.69, 9.17) is 0 Å². The Balaban J connectivity index is 2.74. The summed E-state index contributed by atoms with van der Waals surface area (Å²) in [7, 11) is 2.92. The first-order valence-electron chi connectivity index (χ1n) is 4.63. The highest BCUT2D eigenvalue weighted by Gasteiger charge is 2.15. The van der Waals surface area contributed by atoms with Crippen LogP contribution in [0.4, 0.5) is 4.39 Å². The first kappa shape index (κ1) is 12.1. The summed E-state index contributed by atoms with van der Waals surface area (Å²) in [5, 5.41) is 2.39. The van der Waals surface area contributed by atoms with Crippen molar-refractivity contribution in [1.82, 2.24) is 15.2 Å². The van der Waals surface area contributed by atoms with Crippen LogP contribution in [0.25, 0.3) is 0 Å². The minimum atomic E-state index is -0.723. The quantitative estimate of drug-likeness (QED) is 0.739. The fourth-order valence-electron chi connectivity index (χ4n) is 1.09. The highest BCUT2D eigenvalue weighted by molar-refractivity contribution is 5.94. The second-order valence-electron chi connectivity index (χ2n) is 3.18. The van der Waals surface area contributed by atoms with E-state index in [-0.39, 0.29) is 18.1 Å². The Morgan fingerprint density at radius 1 is 1.50 bits per heavy atom. The monoisotopic (exact) mass is 225 g/mol. The van der Waals surface area contributed by atoms with Gasteiger partial charge in [-0.2, -0.15) is 4.39 Å². The van der Waals surface area contributed by atoms with Crippen LogP contribution in [-0.4, -0.2) is 42.3 Å². The number of rotatable bonds is 3. The van der Waals surface area contributed by atoms with E-state index < -0.39 is 11.9 Å². The van der Waals surface area contributed by atoms with Crippen LogP contribution >= 0.6 is 0 Å². The molecule has 0 saturated heterocycles. The van der Waals surface area contributed by atoms with E-state index in [9.17, 15) is 14.0 Å². The van der Waals surface area contributed by atoms with Crippen LogP contribution in [-0.2, 0) is 4.79 Å². The average molecular weight is 225 g/mol. The van der Waals surface area contributed by atoms with Crippen molar-refractivity contribution >= 4 is 11.8 Å². The van der Waals surface area contributed by atoms with Crippen molar-refractivity contribution in [3.8, 4) is 0 Å². The summed E-state index contributed by atoms with van der Waals surface area (Å²) in [5.41, 5.74) is -0.0218. The molecule has 86 valence electrons. The van der Waals surface area contributed by atoms with Crippen LogP contribution in [0.15, 0.2) is 18.2 Å². The molecule has 1 rings (SSSR count). The van der Waals surface area contributed by atoms with Gasteiger partial charge in [-0.3, -0.25) is 9.59 Å². The van der Waals surface area contributed by atoms with Crippen molar-refractivity contribution in [3.05, 3.63) is 29.8 Å². The van der Waals surface area contributed by atoms with Crippen LogP contribution in [0.2, 0.25) is 0 Å². The van der Waals surface area contributed by atoms with E-state index in [1.54, 1.807) is 0 Å². The Hall–Kier alpha value is -1.98. The van der Waals surface area contributed by atoms with Crippen LogP contribution in [0.3, 0.4) is 0 Å². The third-order valence-corrected chi connectivity index (χ3v) is 1.94. The number of nitrogens with zero attached hydrogens (tertiary/aromatic N) is 2. The lowest BCUT2D eigenvalue weighted by molar-refractivity contribution is -0.121. The average Bonchev–Trinajstić information content (AvgIpc) is 2.27. The first-order chi connectivity index (χ1) is 7.54. The van der Waals surface area contributed by atoms with Crippen LogP contribution < -0.4 is 5.32 Å². The van der Waals surface area contributed by atoms with E-state index in [1.165, 1.54) is 31.1 Å². The number of pyridine rings is 1. The minimum absolute atomic E-state index is 0.0218. The number of aromatic nitrogens is 1. The number of carbonyl (C=O) groups excluding carboxylic acids is 2. The van der Waals surface area contributed by atoms with Gasteiger partial charge in [0.15, 0.2) is 0 Å². The van der Waals surface area contributed by atoms with Crippen molar-refractivity contribution in [1.29, 1.82) is 0 Å². The third-order valence-electron chi connectivity index (χ3n) is 1.94. The van der Waals surface area contributed by atoms with E-state index in [2.05, 4.69) is 10.3 Å². The van der Waals surface area contributed by atoms with Gasteiger partial charge in [-0.15, -0.1) is 0 Å². The molecule has 0 aliphatic rings. The zero-order chi connectivity index (χ0) is 12.1. The standard InChI is InChI=1S/C10H12FN3O2/c1-12-9(15)6-14(2)10(16)7-4-3-5-8(11)13-7/h3-5H,6H2,1-2H3,(H,12,15). The van der Waals surface area contributed by atoms with Crippen LogP contribution in [0.5, 0.6) is 0 Å². The van der Waals surface area contributed by atoms with Gasteiger partial charge >= 0.3 is 0 Å². The molecule has 0 aliphatic carbocycles. The SMILES string of the molecule is CNC(=O)CN(C)C(=O)c1cccc(F)n1. The number of hydrogen-bond donors (Lipinski definition) is 1. The summed E-state index contributed by atoms with van der Waals surface area (Å²) in [6, 6.07) is 3.94. The molecule has 0 spiro atoms. The van der Waals surface area contributed by atoms with Gasteiger partial charge < -0.3 is 10.2 Å². The molecule has 0 radical (unpaired) electrons. The Kier molecular flexibility index (Phi) is 3.93. The van der Waals surface area contributed by atoms with E-state index in [1.807, 2.05) is 0 Å². The molecule has 1 aromatic rings. The molecule has 0 saturated carbocycles. The minimum Gasteiger partial charge on any atom is -0.358 e. The van der Waals surface area contributed by atoms with E-state index >= 15 is 0 Å². The molecule has 16 heavy (non-hydrogen) atoms. The van der Waals surface area contributed by atoms with Gasteiger partial charge in [0.2, 0.25) is 11.9 Å². The molecule has 5 nitrogen and oxygen atoms in total. The molecule has 0 atom stereocenters. The Morgan fingerprint density at radius 2 is 2.19 bits per heavy atom. The van der Waals surface area contributed by atoms with Gasteiger partial charge in [-0.05, 0) is 12.1 Å². The van der Waals surface area contributed by atoms with Gasteiger partial charge in [0.25, 0.3) is 5.91 Å². The van der Waals surface area contributed by atoms with Crippen molar-refractivity contribution in [2.24, 2.45) is 0 Å².